The summed E-state index contributed by atoms with van der Waals surface area (Å²) >= 11 is 0. The van der Waals surface area contributed by atoms with Crippen LogP contribution in [0.2, 0.25) is 0 Å². The van der Waals surface area contributed by atoms with Crippen molar-refractivity contribution in [2.24, 2.45) is 5.92 Å². The molecule has 0 spiro atoms. The Morgan fingerprint density at radius 2 is 2.00 bits per heavy atom. The minimum Gasteiger partial charge on any atom is -0.374 e. The maximum absolute atomic E-state index is 3.28. The molecule has 0 bridgehead atoms. The summed E-state index contributed by atoms with van der Waals surface area (Å²) in [6, 6.07) is 6.80. The zero-order chi connectivity index (χ0) is 14.5. The highest BCUT2D eigenvalue weighted by molar-refractivity contribution is 5.54. The van der Waals surface area contributed by atoms with E-state index in [0.29, 0.717) is 0 Å². The van der Waals surface area contributed by atoms with Crippen LogP contribution in [-0.2, 0) is 6.54 Å². The van der Waals surface area contributed by atoms with E-state index in [4.69, 9.17) is 0 Å². The van der Waals surface area contributed by atoms with Crippen LogP contribution < -0.4 is 10.2 Å². The number of aryl methyl sites for hydroxylation is 1. The summed E-state index contributed by atoms with van der Waals surface area (Å²) in [6.45, 7) is 6.77. The van der Waals surface area contributed by atoms with E-state index in [2.05, 4.69) is 54.3 Å². The molecule has 0 aliphatic carbocycles. The molecule has 1 aromatic rings. The molecule has 20 heavy (non-hydrogen) atoms. The first kappa shape index (κ1) is 15.3. The molecule has 3 nitrogen and oxygen atoms in total. The minimum atomic E-state index is 0.833. The van der Waals surface area contributed by atoms with E-state index in [-0.39, 0.29) is 0 Å². The van der Waals surface area contributed by atoms with E-state index in [9.17, 15) is 0 Å². The predicted octanol–water partition coefficient (Wildman–Crippen LogP) is 2.49. The summed E-state index contributed by atoms with van der Waals surface area (Å²) in [5.41, 5.74) is 4.12. The third-order valence-electron chi connectivity index (χ3n) is 4.38. The van der Waals surface area contributed by atoms with Crippen molar-refractivity contribution in [2.45, 2.75) is 26.3 Å². The lowest BCUT2D eigenvalue weighted by Crippen LogP contribution is -2.36. The van der Waals surface area contributed by atoms with Crippen LogP contribution in [0.3, 0.4) is 0 Å². The van der Waals surface area contributed by atoms with Crippen LogP contribution >= 0.6 is 0 Å². The molecule has 0 radical (unpaired) electrons. The summed E-state index contributed by atoms with van der Waals surface area (Å²) in [7, 11) is 6.48. The number of likely N-dealkylation sites (tertiary alicyclic amines) is 1. The molecule has 1 heterocycles. The van der Waals surface area contributed by atoms with Gasteiger partial charge in [-0.15, -0.1) is 0 Å². The average molecular weight is 275 g/mol. The summed E-state index contributed by atoms with van der Waals surface area (Å²) in [5.74, 6) is 0.833. The van der Waals surface area contributed by atoms with Crippen molar-refractivity contribution in [1.82, 2.24) is 10.2 Å². The van der Waals surface area contributed by atoms with Gasteiger partial charge in [-0.25, -0.2) is 0 Å². The van der Waals surface area contributed by atoms with Crippen molar-refractivity contribution in [3.63, 3.8) is 0 Å². The number of benzene rings is 1. The largest absolute Gasteiger partial charge is 0.374 e. The molecule has 1 fully saturated rings. The number of nitrogens with one attached hydrogen (secondary N) is 1. The second-order valence-corrected chi connectivity index (χ2v) is 6.29. The quantitative estimate of drug-likeness (QED) is 0.891. The Balaban J connectivity index is 2.02. The number of hydrogen-bond donors (Lipinski definition) is 1. The monoisotopic (exact) mass is 275 g/mol. The molecule has 2 rings (SSSR count). The number of nitrogens with zero attached hydrogens (tertiary/aromatic N) is 2. The summed E-state index contributed by atoms with van der Waals surface area (Å²) in [5, 5.41) is 3.28. The van der Waals surface area contributed by atoms with Crippen molar-refractivity contribution in [3.8, 4) is 0 Å². The summed E-state index contributed by atoms with van der Waals surface area (Å²) < 4.78 is 0. The van der Waals surface area contributed by atoms with Crippen LogP contribution in [0.25, 0.3) is 0 Å². The Morgan fingerprint density at radius 1 is 1.30 bits per heavy atom. The molecule has 0 saturated carbocycles. The lowest BCUT2D eigenvalue weighted by atomic mass is 9.96. The van der Waals surface area contributed by atoms with Crippen LogP contribution in [0.4, 0.5) is 5.69 Å². The second kappa shape index (κ2) is 7.09. The molecule has 1 aliphatic rings. The van der Waals surface area contributed by atoms with E-state index in [0.717, 1.165) is 12.5 Å². The van der Waals surface area contributed by atoms with Crippen LogP contribution in [0.15, 0.2) is 18.2 Å². The van der Waals surface area contributed by atoms with E-state index < -0.39 is 0 Å². The molecule has 1 aliphatic heterocycles. The number of anilines is 1. The highest BCUT2D eigenvalue weighted by atomic mass is 15.1. The fourth-order valence-electron chi connectivity index (χ4n) is 3.15. The Labute approximate surface area is 124 Å². The Bertz CT molecular complexity index is 422. The van der Waals surface area contributed by atoms with Gasteiger partial charge in [0.05, 0.1) is 0 Å². The molecule has 0 unspecified atom stereocenters. The fraction of sp³-hybridized carbons (Fsp3) is 0.647. The van der Waals surface area contributed by atoms with Gasteiger partial charge in [0.15, 0.2) is 0 Å². The molecule has 112 valence electrons. The minimum absolute atomic E-state index is 0.833. The van der Waals surface area contributed by atoms with Gasteiger partial charge in [0, 0.05) is 25.8 Å². The van der Waals surface area contributed by atoms with Gasteiger partial charge >= 0.3 is 0 Å². The van der Waals surface area contributed by atoms with Gasteiger partial charge in [-0.2, -0.15) is 0 Å². The third kappa shape index (κ3) is 3.97. The average Bonchev–Trinajstić information content (AvgIpc) is 2.42. The molecule has 0 atom stereocenters. The first-order chi connectivity index (χ1) is 9.60. The smallest absolute Gasteiger partial charge is 0.0409 e. The zero-order valence-corrected chi connectivity index (χ0v) is 13.4. The molecule has 1 N–H and O–H groups in total. The first-order valence-corrected chi connectivity index (χ1v) is 7.74. The van der Waals surface area contributed by atoms with Gasteiger partial charge in [-0.3, -0.25) is 0 Å². The van der Waals surface area contributed by atoms with Gasteiger partial charge in [0.25, 0.3) is 0 Å². The molecule has 3 heteroatoms. The standard InChI is InChI=1S/C17H29N3/c1-14-5-6-17(16(11-14)12-18-2)20(4)13-15-7-9-19(3)10-8-15/h5-6,11,15,18H,7-10,12-13H2,1-4H3. The van der Waals surface area contributed by atoms with Crippen molar-refractivity contribution in [1.29, 1.82) is 0 Å². The second-order valence-electron chi connectivity index (χ2n) is 6.29. The SMILES string of the molecule is CNCc1cc(C)ccc1N(C)CC1CCN(C)CC1. The van der Waals surface area contributed by atoms with Gasteiger partial charge in [0.2, 0.25) is 0 Å². The Hall–Kier alpha value is -1.06. The van der Waals surface area contributed by atoms with Gasteiger partial charge in [-0.1, -0.05) is 17.7 Å². The van der Waals surface area contributed by atoms with E-state index >= 15 is 0 Å². The molecular weight excluding hydrogens is 246 g/mol. The first-order valence-electron chi connectivity index (χ1n) is 7.74. The van der Waals surface area contributed by atoms with Crippen LogP contribution in [0, 0.1) is 12.8 Å². The van der Waals surface area contributed by atoms with Gasteiger partial charge in [0.1, 0.15) is 0 Å². The zero-order valence-electron chi connectivity index (χ0n) is 13.4. The van der Waals surface area contributed by atoms with Gasteiger partial charge < -0.3 is 15.1 Å². The normalized spacial score (nSPS) is 17.4. The highest BCUT2D eigenvalue weighted by Crippen LogP contribution is 2.24. The number of hydrogen-bond acceptors (Lipinski definition) is 3. The summed E-state index contributed by atoms with van der Waals surface area (Å²) in [6.07, 6.45) is 2.65. The number of rotatable bonds is 5. The van der Waals surface area contributed by atoms with E-state index in [1.54, 1.807) is 0 Å². The molecule has 1 saturated heterocycles. The highest BCUT2D eigenvalue weighted by Gasteiger charge is 2.19. The molecule has 0 amide bonds. The fourth-order valence-corrected chi connectivity index (χ4v) is 3.15. The topological polar surface area (TPSA) is 18.5 Å². The van der Waals surface area contributed by atoms with Crippen molar-refractivity contribution >= 4 is 5.69 Å². The van der Waals surface area contributed by atoms with Crippen molar-refractivity contribution in [2.75, 3.05) is 45.7 Å². The van der Waals surface area contributed by atoms with Crippen molar-refractivity contribution < 1.29 is 0 Å². The van der Waals surface area contributed by atoms with Gasteiger partial charge in [-0.05, 0) is 64.5 Å². The lowest BCUT2D eigenvalue weighted by molar-refractivity contribution is 0.222. The van der Waals surface area contributed by atoms with Crippen molar-refractivity contribution in [3.05, 3.63) is 29.3 Å². The maximum atomic E-state index is 3.28. The van der Waals surface area contributed by atoms with Crippen LogP contribution in [0.5, 0.6) is 0 Å². The number of piperidine rings is 1. The maximum Gasteiger partial charge on any atom is 0.0409 e. The lowest BCUT2D eigenvalue weighted by Gasteiger charge is -2.33. The van der Waals surface area contributed by atoms with E-state index in [1.165, 1.54) is 49.3 Å². The van der Waals surface area contributed by atoms with E-state index in [1.807, 2.05) is 7.05 Å². The van der Waals surface area contributed by atoms with Crippen LogP contribution in [-0.4, -0.2) is 45.7 Å². The predicted molar refractivity (Wildman–Crippen MR) is 87.4 cm³/mol. The Kier molecular flexibility index (Phi) is 5.44. The Morgan fingerprint density at radius 3 is 2.65 bits per heavy atom. The molecule has 1 aromatic carbocycles. The summed E-state index contributed by atoms with van der Waals surface area (Å²) in [4.78, 5) is 4.89. The molecular formula is C17H29N3. The molecule has 0 aromatic heterocycles. The third-order valence-corrected chi connectivity index (χ3v) is 4.38. The van der Waals surface area contributed by atoms with Crippen LogP contribution in [0.1, 0.15) is 24.0 Å².